The molecular formula is C19H16BrN3O5. The number of benzene rings is 2. The lowest BCUT2D eigenvalue weighted by atomic mass is 10.0. The molecule has 9 heteroatoms. The van der Waals surface area contributed by atoms with Gasteiger partial charge in [-0.1, -0.05) is 15.9 Å². The number of rotatable bonds is 3. The average molecular weight is 446 g/mol. The van der Waals surface area contributed by atoms with Crippen LogP contribution < -0.4 is 25.4 Å². The van der Waals surface area contributed by atoms with Gasteiger partial charge in [0.15, 0.2) is 6.61 Å². The molecule has 0 unspecified atom stereocenters. The van der Waals surface area contributed by atoms with Crippen molar-refractivity contribution in [2.45, 2.75) is 12.5 Å². The van der Waals surface area contributed by atoms with Gasteiger partial charge in [0, 0.05) is 10.0 Å². The monoisotopic (exact) mass is 445 g/mol. The second kappa shape index (κ2) is 7.16. The van der Waals surface area contributed by atoms with Gasteiger partial charge >= 0.3 is 0 Å². The molecule has 0 spiro atoms. The molecule has 0 aromatic heterocycles. The third-order valence-electron chi connectivity index (χ3n) is 4.49. The van der Waals surface area contributed by atoms with Gasteiger partial charge in [0.25, 0.3) is 11.8 Å². The molecule has 0 radical (unpaired) electrons. The molecule has 3 amide bonds. The molecule has 2 aliphatic heterocycles. The molecule has 0 bridgehead atoms. The molecule has 2 heterocycles. The van der Waals surface area contributed by atoms with Crippen LogP contribution in [0.4, 0.5) is 11.4 Å². The summed E-state index contributed by atoms with van der Waals surface area (Å²) in [7, 11) is 0. The zero-order valence-corrected chi connectivity index (χ0v) is 16.2. The van der Waals surface area contributed by atoms with E-state index in [-0.39, 0.29) is 31.4 Å². The Morgan fingerprint density at radius 3 is 2.79 bits per heavy atom. The zero-order chi connectivity index (χ0) is 19.8. The summed E-state index contributed by atoms with van der Waals surface area (Å²) in [6, 6.07) is 9.56. The SMILES string of the molecule is NC(=O)C[C@H]1COc2cc(Br)ccc2N1C(=O)c1ccc2c(c1)NC(=O)CO2. The van der Waals surface area contributed by atoms with Crippen molar-refractivity contribution in [3.8, 4) is 11.5 Å². The minimum absolute atomic E-state index is 0.0357. The summed E-state index contributed by atoms with van der Waals surface area (Å²) in [6.07, 6.45) is -0.0357. The van der Waals surface area contributed by atoms with E-state index in [2.05, 4.69) is 21.2 Å². The molecule has 4 rings (SSSR count). The van der Waals surface area contributed by atoms with Crippen molar-refractivity contribution in [3.05, 3.63) is 46.4 Å². The minimum Gasteiger partial charge on any atom is -0.489 e. The first kappa shape index (κ1) is 18.3. The lowest BCUT2D eigenvalue weighted by Gasteiger charge is -2.36. The zero-order valence-electron chi connectivity index (χ0n) is 14.6. The Morgan fingerprint density at radius 2 is 2.00 bits per heavy atom. The molecule has 1 atom stereocenters. The quantitative estimate of drug-likeness (QED) is 0.750. The van der Waals surface area contributed by atoms with Crippen LogP contribution in [-0.2, 0) is 9.59 Å². The van der Waals surface area contributed by atoms with Gasteiger partial charge in [0.05, 0.1) is 23.8 Å². The maximum absolute atomic E-state index is 13.4. The van der Waals surface area contributed by atoms with Gasteiger partial charge < -0.3 is 20.5 Å². The second-order valence-corrected chi connectivity index (χ2v) is 7.39. The summed E-state index contributed by atoms with van der Waals surface area (Å²) in [5.74, 6) is -0.127. The lowest BCUT2D eigenvalue weighted by Crippen LogP contribution is -2.48. The fraction of sp³-hybridized carbons (Fsp3) is 0.211. The van der Waals surface area contributed by atoms with Gasteiger partial charge in [0.1, 0.15) is 18.1 Å². The van der Waals surface area contributed by atoms with Crippen LogP contribution in [0.3, 0.4) is 0 Å². The fourth-order valence-corrected chi connectivity index (χ4v) is 3.61. The van der Waals surface area contributed by atoms with Gasteiger partial charge in [0.2, 0.25) is 5.91 Å². The van der Waals surface area contributed by atoms with Crippen LogP contribution in [0, 0.1) is 0 Å². The third kappa shape index (κ3) is 3.40. The van der Waals surface area contributed by atoms with Gasteiger partial charge in [-0.25, -0.2) is 0 Å². The topological polar surface area (TPSA) is 111 Å². The number of amides is 3. The smallest absolute Gasteiger partial charge is 0.262 e. The number of fused-ring (bicyclic) bond motifs is 2. The predicted octanol–water partition coefficient (Wildman–Crippen LogP) is 2.06. The molecule has 3 N–H and O–H groups in total. The van der Waals surface area contributed by atoms with Crippen LogP contribution in [0.25, 0.3) is 0 Å². The molecule has 0 saturated heterocycles. The highest BCUT2D eigenvalue weighted by Gasteiger charge is 2.34. The van der Waals surface area contributed by atoms with Crippen LogP contribution in [-0.4, -0.2) is 37.0 Å². The maximum Gasteiger partial charge on any atom is 0.262 e. The molecule has 0 aliphatic carbocycles. The van der Waals surface area contributed by atoms with E-state index in [0.29, 0.717) is 28.4 Å². The Kier molecular flexibility index (Phi) is 4.68. The van der Waals surface area contributed by atoms with E-state index in [4.69, 9.17) is 15.2 Å². The maximum atomic E-state index is 13.4. The van der Waals surface area contributed by atoms with Crippen molar-refractivity contribution >= 4 is 45.0 Å². The molecule has 0 fully saturated rings. The van der Waals surface area contributed by atoms with Crippen molar-refractivity contribution in [2.75, 3.05) is 23.4 Å². The normalized spacial score (nSPS) is 17.5. The Morgan fingerprint density at radius 1 is 1.18 bits per heavy atom. The van der Waals surface area contributed by atoms with Crippen molar-refractivity contribution in [2.24, 2.45) is 5.73 Å². The Bertz CT molecular complexity index is 994. The first-order chi connectivity index (χ1) is 13.4. The standard InChI is InChI=1S/C19H16BrN3O5/c20-11-2-3-14-16(6-11)27-8-12(7-17(21)24)23(14)19(26)10-1-4-15-13(5-10)22-18(25)9-28-15/h1-6,12H,7-9H2,(H2,21,24)(H,22,25)/t12-/m0/s1. The van der Waals surface area contributed by atoms with Crippen LogP contribution >= 0.6 is 15.9 Å². The number of anilines is 2. The summed E-state index contributed by atoms with van der Waals surface area (Å²) < 4.78 is 11.9. The second-order valence-electron chi connectivity index (χ2n) is 6.47. The first-order valence-corrected chi connectivity index (χ1v) is 9.32. The summed E-state index contributed by atoms with van der Waals surface area (Å²) in [5, 5.41) is 2.69. The number of primary amides is 1. The summed E-state index contributed by atoms with van der Waals surface area (Å²) in [5.41, 5.74) is 6.69. The number of nitrogens with two attached hydrogens (primary N) is 1. The molecule has 0 saturated carbocycles. The van der Waals surface area contributed by atoms with Gasteiger partial charge in [-0.2, -0.15) is 0 Å². The number of nitrogens with one attached hydrogen (secondary N) is 1. The molecular weight excluding hydrogens is 430 g/mol. The first-order valence-electron chi connectivity index (χ1n) is 8.53. The van der Waals surface area contributed by atoms with Crippen molar-refractivity contribution < 1.29 is 23.9 Å². The average Bonchev–Trinajstić information content (AvgIpc) is 2.66. The van der Waals surface area contributed by atoms with E-state index in [9.17, 15) is 14.4 Å². The fourth-order valence-electron chi connectivity index (χ4n) is 3.27. The number of ether oxygens (including phenoxy) is 2. The van der Waals surface area contributed by atoms with Crippen LogP contribution in [0.1, 0.15) is 16.8 Å². The highest BCUT2D eigenvalue weighted by atomic mass is 79.9. The van der Waals surface area contributed by atoms with Gasteiger partial charge in [-0.3, -0.25) is 19.3 Å². The number of carbonyl (C=O) groups is 3. The van der Waals surface area contributed by atoms with E-state index in [1.165, 1.54) is 4.90 Å². The van der Waals surface area contributed by atoms with Crippen molar-refractivity contribution in [3.63, 3.8) is 0 Å². The Hall–Kier alpha value is -3.07. The number of halogens is 1. The number of carbonyl (C=O) groups excluding carboxylic acids is 3. The Labute approximate surface area is 168 Å². The van der Waals surface area contributed by atoms with Crippen LogP contribution in [0.2, 0.25) is 0 Å². The lowest BCUT2D eigenvalue weighted by molar-refractivity contribution is -0.119. The largest absolute Gasteiger partial charge is 0.489 e. The molecule has 2 aliphatic rings. The highest BCUT2D eigenvalue weighted by Crippen LogP contribution is 2.38. The molecule has 144 valence electrons. The molecule has 2 aromatic rings. The van der Waals surface area contributed by atoms with E-state index >= 15 is 0 Å². The van der Waals surface area contributed by atoms with E-state index < -0.39 is 11.9 Å². The molecule has 28 heavy (non-hydrogen) atoms. The van der Waals surface area contributed by atoms with E-state index in [1.54, 1.807) is 36.4 Å². The van der Waals surface area contributed by atoms with Crippen molar-refractivity contribution in [1.82, 2.24) is 0 Å². The van der Waals surface area contributed by atoms with Crippen molar-refractivity contribution in [1.29, 1.82) is 0 Å². The predicted molar refractivity (Wildman–Crippen MR) is 105 cm³/mol. The van der Waals surface area contributed by atoms with E-state index in [0.717, 1.165) is 4.47 Å². The summed E-state index contributed by atoms with van der Waals surface area (Å²) in [6.45, 7) is 0.0790. The molecule has 8 nitrogen and oxygen atoms in total. The van der Waals surface area contributed by atoms with Crippen LogP contribution in [0.15, 0.2) is 40.9 Å². The third-order valence-corrected chi connectivity index (χ3v) is 4.99. The van der Waals surface area contributed by atoms with Gasteiger partial charge in [-0.05, 0) is 36.4 Å². The molecule has 2 aromatic carbocycles. The number of nitrogens with zero attached hydrogens (tertiary/aromatic N) is 1. The van der Waals surface area contributed by atoms with Crippen LogP contribution in [0.5, 0.6) is 11.5 Å². The Balaban J connectivity index is 1.74. The number of hydrogen-bond acceptors (Lipinski definition) is 5. The summed E-state index contributed by atoms with van der Waals surface area (Å²) in [4.78, 5) is 38.0. The summed E-state index contributed by atoms with van der Waals surface area (Å²) >= 11 is 3.38. The number of hydrogen-bond donors (Lipinski definition) is 2. The van der Waals surface area contributed by atoms with E-state index in [1.807, 2.05) is 0 Å². The highest BCUT2D eigenvalue weighted by molar-refractivity contribution is 9.10. The minimum atomic E-state index is -0.541. The van der Waals surface area contributed by atoms with Gasteiger partial charge in [-0.15, -0.1) is 0 Å².